The van der Waals surface area contributed by atoms with Gasteiger partial charge in [0.15, 0.2) is 0 Å². The number of rotatable bonds is 2. The second-order valence-electron chi connectivity index (χ2n) is 5.61. The number of oxime groups is 1. The Morgan fingerprint density at radius 2 is 2.05 bits per heavy atom. The number of benzene rings is 1. The molecular formula is C14H14ClF3N2O. The first-order valence-corrected chi connectivity index (χ1v) is 7.13. The van der Waals surface area contributed by atoms with Crippen molar-refractivity contribution in [3.8, 4) is 0 Å². The second-order valence-corrected chi connectivity index (χ2v) is 6.02. The van der Waals surface area contributed by atoms with Crippen LogP contribution in [-0.2, 0) is 6.18 Å². The van der Waals surface area contributed by atoms with Gasteiger partial charge in [0.25, 0.3) is 0 Å². The molecular weight excluding hydrogens is 305 g/mol. The molecule has 0 spiro atoms. The fourth-order valence-corrected chi connectivity index (χ4v) is 3.57. The van der Waals surface area contributed by atoms with E-state index < -0.39 is 11.7 Å². The van der Waals surface area contributed by atoms with Gasteiger partial charge in [-0.15, -0.1) is 0 Å². The zero-order valence-corrected chi connectivity index (χ0v) is 11.7. The van der Waals surface area contributed by atoms with E-state index in [-0.39, 0.29) is 28.6 Å². The summed E-state index contributed by atoms with van der Waals surface area (Å²) in [6, 6.07) is 2.95. The first-order valence-electron chi connectivity index (χ1n) is 6.75. The highest BCUT2D eigenvalue weighted by atomic mass is 35.5. The topological polar surface area (TPSA) is 44.6 Å². The molecule has 3 rings (SSSR count). The number of anilines is 1. The fourth-order valence-electron chi connectivity index (χ4n) is 3.40. The van der Waals surface area contributed by atoms with Gasteiger partial charge in [-0.1, -0.05) is 16.8 Å². The van der Waals surface area contributed by atoms with Gasteiger partial charge in [-0.2, -0.15) is 13.2 Å². The molecule has 114 valence electrons. The van der Waals surface area contributed by atoms with Gasteiger partial charge in [0.2, 0.25) is 0 Å². The fraction of sp³-hybridized carbons (Fsp3) is 0.500. The summed E-state index contributed by atoms with van der Waals surface area (Å²) in [4.78, 5) is 0. The first-order chi connectivity index (χ1) is 9.90. The molecule has 3 atom stereocenters. The molecule has 1 aromatic carbocycles. The van der Waals surface area contributed by atoms with Crippen LogP contribution in [0.15, 0.2) is 23.4 Å². The van der Waals surface area contributed by atoms with Gasteiger partial charge in [-0.3, -0.25) is 0 Å². The van der Waals surface area contributed by atoms with Crippen molar-refractivity contribution in [1.82, 2.24) is 0 Å². The largest absolute Gasteiger partial charge is 0.416 e. The predicted molar refractivity (Wildman–Crippen MR) is 73.9 cm³/mol. The standard InChI is InChI=1S/C14H14ClF3N2O/c15-10-4-3-9(14(16,17)18)6-11(10)19-12-7-1-2-8(5-7)13(12)20-21/h3-4,6-8,12,19,21H,1-2,5H2. The van der Waals surface area contributed by atoms with Gasteiger partial charge in [-0.25, -0.2) is 0 Å². The minimum Gasteiger partial charge on any atom is -0.411 e. The van der Waals surface area contributed by atoms with Gasteiger partial charge in [0.1, 0.15) is 0 Å². The van der Waals surface area contributed by atoms with Crippen molar-refractivity contribution in [3.05, 3.63) is 28.8 Å². The zero-order chi connectivity index (χ0) is 15.2. The third-order valence-corrected chi connectivity index (χ3v) is 4.73. The van der Waals surface area contributed by atoms with E-state index in [9.17, 15) is 13.2 Å². The minimum atomic E-state index is -4.41. The summed E-state index contributed by atoms with van der Waals surface area (Å²) in [5.74, 6) is 0.508. The lowest BCUT2D eigenvalue weighted by Gasteiger charge is -2.25. The van der Waals surface area contributed by atoms with Gasteiger partial charge in [0.05, 0.1) is 28.0 Å². The van der Waals surface area contributed by atoms with Crippen LogP contribution < -0.4 is 5.32 Å². The van der Waals surface area contributed by atoms with E-state index in [1.807, 2.05) is 0 Å². The van der Waals surface area contributed by atoms with Crippen molar-refractivity contribution in [2.45, 2.75) is 31.5 Å². The van der Waals surface area contributed by atoms with Crippen LogP contribution >= 0.6 is 11.6 Å². The zero-order valence-electron chi connectivity index (χ0n) is 11.0. The van der Waals surface area contributed by atoms with E-state index in [1.54, 1.807) is 0 Å². The van der Waals surface area contributed by atoms with Crippen LogP contribution in [-0.4, -0.2) is 17.0 Å². The molecule has 0 heterocycles. The minimum absolute atomic E-state index is 0.224. The van der Waals surface area contributed by atoms with Crippen LogP contribution in [0.3, 0.4) is 0 Å². The number of halogens is 4. The van der Waals surface area contributed by atoms with Gasteiger partial charge in [0, 0.05) is 5.92 Å². The average molecular weight is 319 g/mol. The summed E-state index contributed by atoms with van der Waals surface area (Å²) >= 11 is 5.99. The van der Waals surface area contributed by atoms with Crippen molar-refractivity contribution >= 4 is 23.0 Å². The summed E-state index contributed by atoms with van der Waals surface area (Å²) < 4.78 is 38.3. The van der Waals surface area contributed by atoms with E-state index >= 15 is 0 Å². The Balaban J connectivity index is 1.88. The van der Waals surface area contributed by atoms with Crippen molar-refractivity contribution in [3.63, 3.8) is 0 Å². The Hall–Kier alpha value is -1.43. The summed E-state index contributed by atoms with van der Waals surface area (Å²) in [6.07, 6.45) is -1.55. The normalized spacial score (nSPS) is 30.1. The summed E-state index contributed by atoms with van der Waals surface area (Å²) in [5.41, 5.74) is 0.102. The van der Waals surface area contributed by atoms with E-state index in [4.69, 9.17) is 16.8 Å². The lowest BCUT2D eigenvalue weighted by Crippen LogP contribution is -2.35. The van der Waals surface area contributed by atoms with Crippen LogP contribution in [0.4, 0.5) is 18.9 Å². The third kappa shape index (κ3) is 2.57. The molecule has 2 bridgehead atoms. The summed E-state index contributed by atoms with van der Waals surface area (Å²) in [7, 11) is 0. The maximum absolute atomic E-state index is 12.8. The number of hydrogen-bond acceptors (Lipinski definition) is 3. The molecule has 7 heteroatoms. The number of nitrogens with zero attached hydrogens (tertiary/aromatic N) is 1. The van der Waals surface area contributed by atoms with Crippen LogP contribution in [0, 0.1) is 11.8 Å². The molecule has 0 aromatic heterocycles. The lowest BCUT2D eigenvalue weighted by molar-refractivity contribution is -0.137. The highest BCUT2D eigenvalue weighted by Gasteiger charge is 2.45. The van der Waals surface area contributed by atoms with E-state index in [0.717, 1.165) is 31.4 Å². The highest BCUT2D eigenvalue weighted by molar-refractivity contribution is 6.33. The third-order valence-electron chi connectivity index (χ3n) is 4.40. The Labute approximate surface area is 124 Å². The quantitative estimate of drug-likeness (QED) is 0.627. The monoisotopic (exact) mass is 318 g/mol. The average Bonchev–Trinajstić information content (AvgIpc) is 3.00. The van der Waals surface area contributed by atoms with E-state index in [0.29, 0.717) is 5.71 Å². The molecule has 2 saturated carbocycles. The lowest BCUT2D eigenvalue weighted by atomic mass is 9.93. The maximum Gasteiger partial charge on any atom is 0.416 e. The summed E-state index contributed by atoms with van der Waals surface area (Å²) in [5, 5.41) is 15.7. The van der Waals surface area contributed by atoms with Gasteiger partial charge < -0.3 is 10.5 Å². The van der Waals surface area contributed by atoms with Crippen LogP contribution in [0.5, 0.6) is 0 Å². The van der Waals surface area contributed by atoms with Crippen molar-refractivity contribution in [2.75, 3.05) is 5.32 Å². The Morgan fingerprint density at radius 1 is 1.29 bits per heavy atom. The molecule has 0 saturated heterocycles. The molecule has 2 aliphatic rings. The molecule has 0 amide bonds. The predicted octanol–water partition coefficient (Wildman–Crippen LogP) is 4.40. The number of alkyl halides is 3. The second kappa shape index (κ2) is 5.09. The number of nitrogens with one attached hydrogen (secondary N) is 1. The van der Waals surface area contributed by atoms with E-state index in [2.05, 4.69) is 10.5 Å². The Kier molecular flexibility index (Phi) is 3.51. The molecule has 0 radical (unpaired) electrons. The Bertz CT molecular complexity index is 588. The molecule has 3 nitrogen and oxygen atoms in total. The van der Waals surface area contributed by atoms with Crippen molar-refractivity contribution in [2.24, 2.45) is 17.0 Å². The molecule has 2 fully saturated rings. The molecule has 3 unspecified atom stereocenters. The first kappa shape index (κ1) is 14.5. The number of fused-ring (bicyclic) bond motifs is 2. The van der Waals surface area contributed by atoms with Gasteiger partial charge in [-0.05, 0) is 43.4 Å². The molecule has 0 aliphatic heterocycles. The Morgan fingerprint density at radius 3 is 2.71 bits per heavy atom. The maximum atomic E-state index is 12.8. The van der Waals surface area contributed by atoms with Crippen LogP contribution in [0.25, 0.3) is 0 Å². The van der Waals surface area contributed by atoms with Gasteiger partial charge >= 0.3 is 6.18 Å². The van der Waals surface area contributed by atoms with E-state index in [1.165, 1.54) is 6.07 Å². The smallest absolute Gasteiger partial charge is 0.411 e. The van der Waals surface area contributed by atoms with Crippen molar-refractivity contribution < 1.29 is 18.4 Å². The molecule has 2 aliphatic carbocycles. The number of hydrogen-bond donors (Lipinski definition) is 2. The molecule has 2 N–H and O–H groups in total. The SMILES string of the molecule is ON=C1C2CCC(C2)C1Nc1cc(C(F)(F)F)ccc1Cl. The highest BCUT2D eigenvalue weighted by Crippen LogP contribution is 2.45. The molecule has 21 heavy (non-hydrogen) atoms. The van der Waals surface area contributed by atoms with Crippen LogP contribution in [0.2, 0.25) is 5.02 Å². The van der Waals surface area contributed by atoms with Crippen LogP contribution in [0.1, 0.15) is 24.8 Å². The molecule has 1 aromatic rings. The van der Waals surface area contributed by atoms with Crippen molar-refractivity contribution in [1.29, 1.82) is 0 Å². The summed E-state index contributed by atoms with van der Waals surface area (Å²) in [6.45, 7) is 0.